The van der Waals surface area contributed by atoms with Gasteiger partial charge in [0.2, 0.25) is 0 Å². The Morgan fingerprint density at radius 3 is 0.143 bits per heavy atom. The molecule has 7 heteroatoms. The van der Waals surface area contributed by atoms with E-state index >= 15 is 0 Å². The third kappa shape index (κ3) is 1010. The molecule has 0 saturated heterocycles. The molecule has 0 aromatic carbocycles. The van der Waals surface area contributed by atoms with Crippen LogP contribution >= 0.6 is 0 Å². The Labute approximate surface area is 44.3 Å². The van der Waals surface area contributed by atoms with Crippen molar-refractivity contribution >= 4 is 0 Å². The van der Waals surface area contributed by atoms with Gasteiger partial charge in [0.25, 0.3) is 0 Å². The third-order valence-electron chi connectivity index (χ3n) is 0. The lowest BCUT2D eigenvalue weighted by Gasteiger charge is -0.345. The maximum absolute atomic E-state index is 0. The quantitative estimate of drug-likeness (QED) is 0.244. The average molecular weight is 119 g/mol. The van der Waals surface area contributed by atoms with Crippen molar-refractivity contribution in [2.75, 3.05) is 0 Å². The molecule has 0 amide bonds. The summed E-state index contributed by atoms with van der Waals surface area (Å²) in [5.74, 6) is 0. The molecule has 0 unspecified atom stereocenters. The predicted octanol–water partition coefficient (Wildman–Crippen LogP) is 1.13. The first-order valence-corrected chi connectivity index (χ1v) is 0. The molecular weight excluding hydrogens is 98.0 g/mol. The summed E-state index contributed by atoms with van der Waals surface area (Å²) in [6, 6.07) is 0. The van der Waals surface area contributed by atoms with Crippen LogP contribution in [0.3, 0.4) is 0 Å². The summed E-state index contributed by atoms with van der Waals surface area (Å²) in [5, 5.41) is 0. The van der Waals surface area contributed by atoms with E-state index in [4.69, 9.17) is 0 Å². The first-order valence-electron chi connectivity index (χ1n) is 0. The minimum Gasteiger partial charge on any atom is -0.344 e. The van der Waals surface area contributed by atoms with Gasteiger partial charge in [0.05, 0.1) is 0 Å². The van der Waals surface area contributed by atoms with Crippen LogP contribution in [0.2, 0.25) is 0 Å². The van der Waals surface area contributed by atoms with Gasteiger partial charge >= 0.3 is 0 Å². The van der Waals surface area contributed by atoms with Gasteiger partial charge in [-0.1, -0.05) is 0 Å². The van der Waals surface area contributed by atoms with Crippen molar-refractivity contribution in [1.82, 2.24) is 43.1 Å². The molecular formula is H21N7. The maximum atomic E-state index is 0. The first-order chi connectivity index (χ1) is 0. The second kappa shape index (κ2) is 1630. The molecule has 0 fully saturated rings. The van der Waals surface area contributed by atoms with Gasteiger partial charge in [-0.05, 0) is 0 Å². The zero-order chi connectivity index (χ0) is 0. The molecule has 0 aromatic heterocycles. The molecule has 0 aliphatic heterocycles. The van der Waals surface area contributed by atoms with Crippen molar-refractivity contribution in [1.29, 1.82) is 0 Å². The molecule has 0 atom stereocenters. The van der Waals surface area contributed by atoms with Gasteiger partial charge in [0.1, 0.15) is 0 Å². The lowest BCUT2D eigenvalue weighted by molar-refractivity contribution is 2.13. The van der Waals surface area contributed by atoms with Crippen molar-refractivity contribution in [2.24, 2.45) is 0 Å². The summed E-state index contributed by atoms with van der Waals surface area (Å²) in [6.07, 6.45) is 0. The van der Waals surface area contributed by atoms with Crippen molar-refractivity contribution in [3.8, 4) is 0 Å². The highest BCUT2D eigenvalue weighted by Gasteiger charge is -0.338. The highest BCUT2D eigenvalue weighted by molar-refractivity contribution is 2.14. The highest BCUT2D eigenvalue weighted by atomic mass is 14.0. The van der Waals surface area contributed by atoms with E-state index in [1.165, 1.54) is 0 Å². The molecule has 21 N–H and O–H groups in total. The van der Waals surface area contributed by atoms with E-state index in [9.17, 15) is 0 Å². The molecule has 0 saturated carbocycles. The Kier molecular flexibility index (Phi) is 651000. The van der Waals surface area contributed by atoms with Crippen LogP contribution in [0.25, 0.3) is 0 Å². The Morgan fingerprint density at radius 1 is 0.143 bits per heavy atom. The van der Waals surface area contributed by atoms with Crippen molar-refractivity contribution in [2.45, 2.75) is 0 Å². The number of hydrogen-bond donors (Lipinski definition) is 7. The van der Waals surface area contributed by atoms with Gasteiger partial charge in [0, 0.05) is 0 Å². The lowest BCUT2D eigenvalue weighted by Crippen LogP contribution is -0.482. The molecule has 0 aromatic rings. The molecule has 7 nitrogen and oxygen atoms in total. The summed E-state index contributed by atoms with van der Waals surface area (Å²) in [4.78, 5) is 0. The molecule has 0 rings (SSSR count). The van der Waals surface area contributed by atoms with Gasteiger partial charge in [-0.3, -0.25) is 0 Å². The van der Waals surface area contributed by atoms with Crippen LogP contribution in [0, 0.1) is 0 Å². The zero-order valence-electron chi connectivity index (χ0n) is 4.95. The summed E-state index contributed by atoms with van der Waals surface area (Å²) in [5.41, 5.74) is 0. The van der Waals surface area contributed by atoms with Crippen molar-refractivity contribution in [3.63, 3.8) is 0 Å². The van der Waals surface area contributed by atoms with Crippen molar-refractivity contribution in [3.05, 3.63) is 0 Å². The first kappa shape index (κ1) is 2800. The van der Waals surface area contributed by atoms with E-state index in [-0.39, 0.29) is 43.1 Å². The van der Waals surface area contributed by atoms with Crippen LogP contribution in [-0.2, 0) is 0 Å². The molecule has 0 bridgehead atoms. The second-order valence-electron chi connectivity index (χ2n) is 0. The highest BCUT2D eigenvalue weighted by Crippen LogP contribution is -0.475. The van der Waals surface area contributed by atoms with E-state index < -0.39 is 0 Å². The fourth-order valence-electron chi connectivity index (χ4n) is 0. The smallest absolute Gasteiger partial charge is 0.344 e. The van der Waals surface area contributed by atoms with Gasteiger partial charge in [-0.25, -0.2) is 0 Å². The van der Waals surface area contributed by atoms with E-state index in [1.807, 2.05) is 0 Å². The lowest BCUT2D eigenvalue weighted by atomic mass is 14.0. The largest absolute Gasteiger partial charge is 0.344 e. The molecule has 7 heavy (non-hydrogen) atoms. The Balaban J connectivity index is 0. The molecule has 0 aliphatic rings. The average Bonchev–Trinajstić information content (AvgIpc) is 0. The SMILES string of the molecule is N.N.N.N.N.N.N. The zero-order valence-corrected chi connectivity index (χ0v) is 4.95. The molecule has 0 aliphatic carbocycles. The van der Waals surface area contributed by atoms with Gasteiger partial charge in [-0.15, -0.1) is 0 Å². The third-order valence-corrected chi connectivity index (χ3v) is 0. The van der Waals surface area contributed by atoms with E-state index in [2.05, 4.69) is 0 Å². The predicted molar refractivity (Wildman–Crippen MR) is 35.2 cm³/mol. The van der Waals surface area contributed by atoms with E-state index in [0.29, 0.717) is 0 Å². The summed E-state index contributed by atoms with van der Waals surface area (Å²) >= 11 is 0. The maximum Gasteiger partial charge on any atom is -0.344 e. The topological polar surface area (TPSA) is 245 Å². The number of rotatable bonds is 0. The van der Waals surface area contributed by atoms with Crippen LogP contribution in [0.15, 0.2) is 0 Å². The fourth-order valence-corrected chi connectivity index (χ4v) is 0. The molecule has 0 heterocycles. The second-order valence-corrected chi connectivity index (χ2v) is 0. The summed E-state index contributed by atoms with van der Waals surface area (Å²) in [6.45, 7) is 0. The minimum absolute atomic E-state index is 0. The molecule has 56 valence electrons. The van der Waals surface area contributed by atoms with Crippen LogP contribution in [0.4, 0.5) is 0 Å². The van der Waals surface area contributed by atoms with Crippen LogP contribution < -0.4 is 43.1 Å². The standard InChI is InChI=1S/7H3N/h7*1H3. The van der Waals surface area contributed by atoms with Gasteiger partial charge < -0.3 is 43.1 Å². The van der Waals surface area contributed by atoms with E-state index in [0.717, 1.165) is 0 Å². The summed E-state index contributed by atoms with van der Waals surface area (Å²) in [7, 11) is 0. The molecule has 0 spiro atoms. The number of hydrogen-bond acceptors (Lipinski definition) is 7. The van der Waals surface area contributed by atoms with Gasteiger partial charge in [-0.2, -0.15) is 0 Å². The van der Waals surface area contributed by atoms with Crippen molar-refractivity contribution < 1.29 is 0 Å². The minimum atomic E-state index is 0. The normalized spacial score (nSPS) is 0. The van der Waals surface area contributed by atoms with Gasteiger partial charge in [0.15, 0.2) is 0 Å². The van der Waals surface area contributed by atoms with Crippen LogP contribution in [0.1, 0.15) is 0 Å². The van der Waals surface area contributed by atoms with E-state index in [1.54, 1.807) is 0 Å². The van der Waals surface area contributed by atoms with Crippen LogP contribution in [-0.4, -0.2) is 0 Å². The fraction of sp³-hybridized carbons (Fsp3) is 0. The summed E-state index contributed by atoms with van der Waals surface area (Å²) < 4.78 is 0. The van der Waals surface area contributed by atoms with Crippen LogP contribution in [0.5, 0.6) is 0 Å². The Morgan fingerprint density at radius 2 is 0.143 bits per heavy atom. The Hall–Kier alpha value is -0.280. The monoisotopic (exact) mass is 119 g/mol. The Bertz CT molecular complexity index is 0. The molecule has 0 radical (unpaired) electrons.